The van der Waals surface area contributed by atoms with Crippen LogP contribution >= 0.6 is 11.6 Å². The first-order chi connectivity index (χ1) is 15.1. The van der Waals surface area contributed by atoms with Crippen LogP contribution in [0.15, 0.2) is 59.8 Å². The number of fused-ring (bicyclic) bond motifs is 1. The summed E-state index contributed by atoms with van der Waals surface area (Å²) < 4.78 is 53.1. The highest BCUT2D eigenvalue weighted by molar-refractivity contribution is 7.90. The summed E-state index contributed by atoms with van der Waals surface area (Å²) >= 11 is 5.86. The quantitative estimate of drug-likeness (QED) is 0.397. The van der Waals surface area contributed by atoms with E-state index in [1.165, 1.54) is 13.1 Å². The molecule has 0 atom stereocenters. The Morgan fingerprint density at radius 2 is 1.75 bits per heavy atom. The van der Waals surface area contributed by atoms with Gasteiger partial charge >= 0.3 is 6.55 Å². The summed E-state index contributed by atoms with van der Waals surface area (Å²) in [5.74, 6) is -0.0605. The van der Waals surface area contributed by atoms with Crippen LogP contribution in [0.5, 0.6) is 0 Å². The maximum absolute atomic E-state index is 13.1. The van der Waals surface area contributed by atoms with Crippen LogP contribution in [-0.4, -0.2) is 33.2 Å². The average Bonchev–Trinajstić information content (AvgIpc) is 3.34. The monoisotopic (exact) mass is 478 g/mol. The first-order valence-electron chi connectivity index (χ1n) is 9.47. The third-order valence-electron chi connectivity index (χ3n) is 4.90. The highest BCUT2D eigenvalue weighted by Crippen LogP contribution is 2.25. The Morgan fingerprint density at radius 1 is 1.09 bits per heavy atom. The van der Waals surface area contributed by atoms with E-state index in [1.807, 2.05) is 0 Å². The Hall–Kier alpha value is -3.11. The Morgan fingerprint density at radius 3 is 2.41 bits per heavy atom. The fourth-order valence-corrected chi connectivity index (χ4v) is 4.93. The zero-order chi connectivity index (χ0) is 23.0. The number of alkyl halides is 2. The van der Waals surface area contributed by atoms with Crippen molar-refractivity contribution in [3.05, 3.63) is 76.7 Å². The molecule has 7 nitrogen and oxygen atoms in total. The van der Waals surface area contributed by atoms with E-state index >= 15 is 0 Å². The van der Waals surface area contributed by atoms with Gasteiger partial charge in [-0.05, 0) is 36.2 Å². The summed E-state index contributed by atoms with van der Waals surface area (Å²) in [7, 11) is -4.27. The number of carbonyl (C=O) groups excluding carboxylic acids is 1. The van der Waals surface area contributed by atoms with E-state index in [0.29, 0.717) is 16.0 Å². The zero-order valence-electron chi connectivity index (χ0n) is 16.7. The Balaban J connectivity index is 1.64. The first kappa shape index (κ1) is 22.1. The molecular weight excluding hydrogens is 462 g/mol. The highest BCUT2D eigenvalue weighted by atomic mass is 35.5. The lowest BCUT2D eigenvalue weighted by atomic mass is 10.0. The van der Waals surface area contributed by atoms with Gasteiger partial charge in [-0.3, -0.25) is 4.79 Å². The smallest absolute Gasteiger partial charge is 0.299 e. The van der Waals surface area contributed by atoms with Crippen LogP contribution in [0.3, 0.4) is 0 Å². The van der Waals surface area contributed by atoms with Gasteiger partial charge in [-0.1, -0.05) is 35.9 Å². The molecule has 4 rings (SSSR count). The second-order valence-corrected chi connectivity index (χ2v) is 9.41. The van der Waals surface area contributed by atoms with Crippen molar-refractivity contribution in [2.45, 2.75) is 31.2 Å². The van der Waals surface area contributed by atoms with Crippen molar-refractivity contribution >= 4 is 38.3 Å². The SMILES string of the molecule is Cc1nn(C(F)F)cc1S(=O)(=O)n1ncc2ccc(CC(=O)Cc3ccc(Cl)cc3)cc21. The molecule has 0 N–H and O–H groups in total. The maximum atomic E-state index is 13.1. The molecule has 4 aromatic rings. The van der Waals surface area contributed by atoms with Gasteiger partial charge in [0.25, 0.3) is 10.0 Å². The third kappa shape index (κ3) is 4.28. The molecule has 11 heteroatoms. The molecule has 2 aromatic carbocycles. The van der Waals surface area contributed by atoms with Gasteiger partial charge in [-0.25, -0.2) is 4.68 Å². The van der Waals surface area contributed by atoms with E-state index in [4.69, 9.17) is 11.6 Å². The summed E-state index contributed by atoms with van der Waals surface area (Å²) in [6, 6.07) is 11.9. The molecule has 0 aliphatic carbocycles. The van der Waals surface area contributed by atoms with E-state index in [2.05, 4.69) is 10.2 Å². The van der Waals surface area contributed by atoms with Crippen molar-refractivity contribution in [1.29, 1.82) is 0 Å². The summed E-state index contributed by atoms with van der Waals surface area (Å²) in [6.45, 7) is -1.64. The van der Waals surface area contributed by atoms with E-state index in [9.17, 15) is 22.0 Å². The fraction of sp³-hybridized carbons (Fsp3) is 0.190. The number of hydrogen-bond acceptors (Lipinski definition) is 5. The number of Topliss-reactive ketones (excluding diaryl/α,β-unsaturated/α-hetero) is 1. The third-order valence-corrected chi connectivity index (χ3v) is 6.85. The van der Waals surface area contributed by atoms with Crippen LogP contribution in [0.1, 0.15) is 23.4 Å². The topological polar surface area (TPSA) is 86.8 Å². The lowest BCUT2D eigenvalue weighted by molar-refractivity contribution is -0.117. The number of ketones is 1. The minimum absolute atomic E-state index is 0.0605. The number of aromatic nitrogens is 4. The molecule has 0 aliphatic heterocycles. The van der Waals surface area contributed by atoms with Crippen molar-refractivity contribution < 1.29 is 22.0 Å². The van der Waals surface area contributed by atoms with Gasteiger partial charge in [0.05, 0.1) is 23.6 Å². The lowest BCUT2D eigenvalue weighted by Gasteiger charge is -2.06. The van der Waals surface area contributed by atoms with Crippen molar-refractivity contribution in [2.75, 3.05) is 0 Å². The van der Waals surface area contributed by atoms with Crippen LogP contribution in [0.25, 0.3) is 10.9 Å². The molecule has 0 radical (unpaired) electrons. The zero-order valence-corrected chi connectivity index (χ0v) is 18.3. The highest BCUT2D eigenvalue weighted by Gasteiger charge is 2.26. The maximum Gasteiger partial charge on any atom is 0.333 e. The lowest BCUT2D eigenvalue weighted by Crippen LogP contribution is -2.15. The van der Waals surface area contributed by atoms with Crippen LogP contribution in [0.2, 0.25) is 5.02 Å². The summed E-state index contributed by atoms with van der Waals surface area (Å²) in [6.07, 6.45) is 2.44. The molecular formula is C21H17ClF2N4O3S. The number of aryl methyl sites for hydroxylation is 1. The molecule has 166 valence electrons. The molecule has 0 spiro atoms. The number of benzene rings is 2. The second kappa shape index (κ2) is 8.44. The largest absolute Gasteiger partial charge is 0.333 e. The first-order valence-corrected chi connectivity index (χ1v) is 11.3. The number of halogens is 3. The fourth-order valence-electron chi connectivity index (χ4n) is 3.37. The normalized spacial score (nSPS) is 12.0. The van der Waals surface area contributed by atoms with Gasteiger partial charge < -0.3 is 0 Å². The molecule has 0 fully saturated rings. The molecule has 0 amide bonds. The van der Waals surface area contributed by atoms with Crippen molar-refractivity contribution in [2.24, 2.45) is 0 Å². The van der Waals surface area contributed by atoms with Crippen LogP contribution < -0.4 is 0 Å². The molecule has 0 saturated carbocycles. The van der Waals surface area contributed by atoms with E-state index < -0.39 is 16.6 Å². The summed E-state index contributed by atoms with van der Waals surface area (Å²) in [5.41, 5.74) is 1.60. The van der Waals surface area contributed by atoms with Gasteiger partial charge in [0.1, 0.15) is 10.7 Å². The minimum Gasteiger partial charge on any atom is -0.299 e. The van der Waals surface area contributed by atoms with Crippen LogP contribution in [-0.2, 0) is 27.7 Å². The molecule has 2 heterocycles. The molecule has 32 heavy (non-hydrogen) atoms. The van der Waals surface area contributed by atoms with E-state index in [0.717, 1.165) is 15.8 Å². The average molecular weight is 479 g/mol. The van der Waals surface area contributed by atoms with Crippen molar-refractivity contribution in [3.63, 3.8) is 0 Å². The Bertz CT molecular complexity index is 1410. The molecule has 2 aromatic heterocycles. The molecule has 0 aliphatic rings. The standard InChI is InChI=1S/C21H17ClF2N4O3S/c1-13-20(12-27(26-13)21(23)24)32(30,31)28-19-10-15(2-5-16(19)11-25-28)9-18(29)8-14-3-6-17(22)7-4-14/h2-7,10-12,21H,8-9H2,1H3. The van der Waals surface area contributed by atoms with Crippen molar-refractivity contribution in [3.8, 4) is 0 Å². The number of rotatable bonds is 7. The summed E-state index contributed by atoms with van der Waals surface area (Å²) in [5, 5.41) is 8.61. The van der Waals surface area contributed by atoms with E-state index in [1.54, 1.807) is 42.5 Å². The Kier molecular flexibility index (Phi) is 5.83. The Labute approximate surface area is 187 Å². The van der Waals surface area contributed by atoms with Crippen LogP contribution in [0.4, 0.5) is 8.78 Å². The van der Waals surface area contributed by atoms with Gasteiger partial charge in [0, 0.05) is 23.3 Å². The number of nitrogens with zero attached hydrogens (tertiary/aromatic N) is 4. The molecule has 0 bridgehead atoms. The van der Waals surface area contributed by atoms with Gasteiger partial charge in [-0.2, -0.15) is 31.5 Å². The predicted molar refractivity (Wildman–Crippen MR) is 114 cm³/mol. The minimum atomic E-state index is -4.27. The van der Waals surface area contributed by atoms with Gasteiger partial charge in [-0.15, -0.1) is 0 Å². The number of hydrogen-bond donors (Lipinski definition) is 0. The number of carbonyl (C=O) groups is 1. The van der Waals surface area contributed by atoms with E-state index in [-0.39, 0.29) is 39.4 Å². The second-order valence-electron chi connectivity index (χ2n) is 7.24. The molecule has 0 saturated heterocycles. The van der Waals surface area contributed by atoms with Crippen molar-refractivity contribution in [1.82, 2.24) is 19.0 Å². The van der Waals surface area contributed by atoms with Gasteiger partial charge in [0.2, 0.25) is 0 Å². The van der Waals surface area contributed by atoms with Gasteiger partial charge in [0.15, 0.2) is 0 Å². The molecule has 0 unspecified atom stereocenters. The predicted octanol–water partition coefficient (Wildman–Crippen LogP) is 4.18. The summed E-state index contributed by atoms with van der Waals surface area (Å²) in [4.78, 5) is 12.1. The van der Waals surface area contributed by atoms with Crippen LogP contribution in [0, 0.1) is 6.92 Å².